The largest absolute Gasteiger partial charge is 0.350 e. The number of carbonyl (C=O) groups excluding carboxylic acids is 2. The zero-order valence-corrected chi connectivity index (χ0v) is 10.8. The predicted molar refractivity (Wildman–Crippen MR) is 63.7 cm³/mol. The first-order valence-electron chi connectivity index (χ1n) is 5.48. The molecule has 0 aromatic heterocycles. The number of amides is 2. The standard InChI is InChI=1S/C11H23N3O2/c1-7(2)9(12)10(16)13-6-8(15)14-11(3,4)5/h7,9H,6,12H2,1-5H3,(H,13,16)(H,14,15). The van der Waals surface area contributed by atoms with Crippen LogP contribution in [0.5, 0.6) is 0 Å². The zero-order valence-electron chi connectivity index (χ0n) is 10.8. The molecule has 0 saturated heterocycles. The molecule has 0 heterocycles. The molecular weight excluding hydrogens is 206 g/mol. The third-order valence-corrected chi connectivity index (χ3v) is 1.96. The minimum Gasteiger partial charge on any atom is -0.350 e. The van der Waals surface area contributed by atoms with E-state index in [0.29, 0.717) is 0 Å². The molecule has 0 aliphatic rings. The van der Waals surface area contributed by atoms with Crippen molar-refractivity contribution in [2.24, 2.45) is 11.7 Å². The van der Waals surface area contributed by atoms with E-state index >= 15 is 0 Å². The van der Waals surface area contributed by atoms with Crippen LogP contribution in [0.4, 0.5) is 0 Å². The second kappa shape index (κ2) is 5.84. The van der Waals surface area contributed by atoms with Crippen LogP contribution in [-0.2, 0) is 9.59 Å². The summed E-state index contributed by atoms with van der Waals surface area (Å²) >= 11 is 0. The Morgan fingerprint density at radius 3 is 2.12 bits per heavy atom. The molecule has 0 bridgehead atoms. The molecule has 5 heteroatoms. The second-order valence-electron chi connectivity index (χ2n) is 5.29. The number of nitrogens with one attached hydrogen (secondary N) is 2. The van der Waals surface area contributed by atoms with Crippen LogP contribution in [0, 0.1) is 5.92 Å². The van der Waals surface area contributed by atoms with Gasteiger partial charge in [0.15, 0.2) is 0 Å². The molecule has 0 rings (SSSR count). The minimum atomic E-state index is -0.567. The Bertz CT molecular complexity index is 256. The van der Waals surface area contributed by atoms with E-state index in [1.165, 1.54) is 0 Å². The number of nitrogens with two attached hydrogens (primary N) is 1. The van der Waals surface area contributed by atoms with Gasteiger partial charge in [-0.05, 0) is 26.7 Å². The molecule has 5 nitrogen and oxygen atoms in total. The van der Waals surface area contributed by atoms with Gasteiger partial charge >= 0.3 is 0 Å². The molecule has 16 heavy (non-hydrogen) atoms. The van der Waals surface area contributed by atoms with Crippen molar-refractivity contribution in [2.45, 2.75) is 46.2 Å². The van der Waals surface area contributed by atoms with Gasteiger partial charge in [0.25, 0.3) is 0 Å². The van der Waals surface area contributed by atoms with Crippen molar-refractivity contribution in [3.8, 4) is 0 Å². The summed E-state index contributed by atoms with van der Waals surface area (Å²) in [6.07, 6.45) is 0. The third-order valence-electron chi connectivity index (χ3n) is 1.96. The SMILES string of the molecule is CC(C)C(N)C(=O)NCC(=O)NC(C)(C)C. The average Bonchev–Trinajstić information content (AvgIpc) is 2.09. The Morgan fingerprint density at radius 1 is 1.25 bits per heavy atom. The molecule has 0 aromatic rings. The minimum absolute atomic E-state index is 0.0312. The van der Waals surface area contributed by atoms with Crippen LogP contribution in [0.1, 0.15) is 34.6 Å². The van der Waals surface area contributed by atoms with Crippen molar-refractivity contribution in [2.75, 3.05) is 6.54 Å². The van der Waals surface area contributed by atoms with E-state index in [1.54, 1.807) is 0 Å². The van der Waals surface area contributed by atoms with Crippen LogP contribution in [0.2, 0.25) is 0 Å². The molecule has 0 aliphatic heterocycles. The molecule has 2 amide bonds. The van der Waals surface area contributed by atoms with Gasteiger partial charge in [-0.25, -0.2) is 0 Å². The summed E-state index contributed by atoms with van der Waals surface area (Å²) in [6.45, 7) is 9.33. The summed E-state index contributed by atoms with van der Waals surface area (Å²) in [6, 6.07) is -0.567. The van der Waals surface area contributed by atoms with Gasteiger partial charge in [-0.2, -0.15) is 0 Å². The fourth-order valence-electron chi connectivity index (χ4n) is 1.05. The lowest BCUT2D eigenvalue weighted by atomic mass is 10.1. The monoisotopic (exact) mass is 229 g/mol. The summed E-state index contributed by atoms with van der Waals surface area (Å²) in [7, 11) is 0. The Balaban J connectivity index is 3.98. The van der Waals surface area contributed by atoms with Gasteiger partial charge in [-0.1, -0.05) is 13.8 Å². The molecule has 94 valence electrons. The van der Waals surface area contributed by atoms with Gasteiger partial charge in [-0.15, -0.1) is 0 Å². The van der Waals surface area contributed by atoms with Gasteiger partial charge in [0.05, 0.1) is 12.6 Å². The molecule has 0 radical (unpaired) electrons. The fourth-order valence-corrected chi connectivity index (χ4v) is 1.05. The Labute approximate surface area is 97.2 Å². The van der Waals surface area contributed by atoms with E-state index in [1.807, 2.05) is 34.6 Å². The first kappa shape index (κ1) is 14.9. The van der Waals surface area contributed by atoms with Crippen molar-refractivity contribution < 1.29 is 9.59 Å². The van der Waals surface area contributed by atoms with E-state index in [-0.39, 0.29) is 29.8 Å². The summed E-state index contributed by atoms with van der Waals surface area (Å²) in [5.41, 5.74) is 5.34. The van der Waals surface area contributed by atoms with E-state index in [4.69, 9.17) is 5.73 Å². The first-order chi connectivity index (χ1) is 7.13. The normalized spacial score (nSPS) is 13.4. The smallest absolute Gasteiger partial charge is 0.239 e. The van der Waals surface area contributed by atoms with Crippen LogP contribution in [0.15, 0.2) is 0 Å². The average molecular weight is 229 g/mol. The number of hydrogen-bond donors (Lipinski definition) is 3. The molecule has 0 aliphatic carbocycles. The lowest BCUT2D eigenvalue weighted by Gasteiger charge is -2.21. The van der Waals surface area contributed by atoms with Crippen LogP contribution >= 0.6 is 0 Å². The number of rotatable bonds is 4. The predicted octanol–water partition coefficient (Wildman–Crippen LogP) is 0.000600. The highest BCUT2D eigenvalue weighted by atomic mass is 16.2. The van der Waals surface area contributed by atoms with Gasteiger partial charge < -0.3 is 16.4 Å². The quantitative estimate of drug-likeness (QED) is 0.634. The van der Waals surface area contributed by atoms with Crippen molar-refractivity contribution in [3.63, 3.8) is 0 Å². The molecule has 1 atom stereocenters. The zero-order chi connectivity index (χ0) is 12.9. The maximum Gasteiger partial charge on any atom is 0.239 e. The van der Waals surface area contributed by atoms with E-state index in [2.05, 4.69) is 10.6 Å². The third kappa shape index (κ3) is 6.40. The summed E-state index contributed by atoms with van der Waals surface area (Å²) in [5.74, 6) is -0.443. The lowest BCUT2D eigenvalue weighted by Crippen LogP contribution is -2.50. The summed E-state index contributed by atoms with van der Waals surface area (Å²) in [4.78, 5) is 22.8. The second-order valence-corrected chi connectivity index (χ2v) is 5.29. The van der Waals surface area contributed by atoms with Crippen LogP contribution in [0.3, 0.4) is 0 Å². The fraction of sp³-hybridized carbons (Fsp3) is 0.818. The summed E-state index contributed by atoms with van der Waals surface area (Å²) in [5, 5.41) is 5.26. The van der Waals surface area contributed by atoms with Crippen molar-refractivity contribution in [3.05, 3.63) is 0 Å². The highest BCUT2D eigenvalue weighted by Crippen LogP contribution is 1.98. The van der Waals surface area contributed by atoms with Crippen LogP contribution in [-0.4, -0.2) is 29.9 Å². The maximum atomic E-state index is 11.4. The van der Waals surface area contributed by atoms with Crippen LogP contribution in [0.25, 0.3) is 0 Å². The molecular formula is C11H23N3O2. The highest BCUT2D eigenvalue weighted by molar-refractivity contribution is 5.87. The number of carbonyl (C=O) groups is 2. The maximum absolute atomic E-state index is 11.4. The van der Waals surface area contributed by atoms with E-state index in [0.717, 1.165) is 0 Å². The number of hydrogen-bond acceptors (Lipinski definition) is 3. The lowest BCUT2D eigenvalue weighted by molar-refractivity contribution is -0.128. The van der Waals surface area contributed by atoms with Gasteiger partial charge in [0.2, 0.25) is 11.8 Å². The van der Waals surface area contributed by atoms with Gasteiger partial charge in [-0.3, -0.25) is 9.59 Å². The first-order valence-corrected chi connectivity index (χ1v) is 5.48. The Hall–Kier alpha value is -1.10. The van der Waals surface area contributed by atoms with Crippen molar-refractivity contribution >= 4 is 11.8 Å². The van der Waals surface area contributed by atoms with Crippen molar-refractivity contribution in [1.82, 2.24) is 10.6 Å². The Kier molecular flexibility index (Phi) is 5.44. The van der Waals surface area contributed by atoms with Gasteiger partial charge in [0.1, 0.15) is 0 Å². The topological polar surface area (TPSA) is 84.2 Å². The molecule has 4 N–H and O–H groups in total. The molecule has 0 spiro atoms. The van der Waals surface area contributed by atoms with E-state index < -0.39 is 6.04 Å². The van der Waals surface area contributed by atoms with Crippen LogP contribution < -0.4 is 16.4 Å². The molecule has 0 saturated carbocycles. The molecule has 0 fully saturated rings. The highest BCUT2D eigenvalue weighted by Gasteiger charge is 2.19. The Morgan fingerprint density at radius 2 is 1.75 bits per heavy atom. The molecule has 0 aromatic carbocycles. The van der Waals surface area contributed by atoms with E-state index in [9.17, 15) is 9.59 Å². The van der Waals surface area contributed by atoms with Crippen molar-refractivity contribution in [1.29, 1.82) is 0 Å². The summed E-state index contributed by atoms with van der Waals surface area (Å²) < 4.78 is 0. The van der Waals surface area contributed by atoms with Gasteiger partial charge in [0, 0.05) is 5.54 Å². The molecule has 1 unspecified atom stereocenters.